The van der Waals surface area contributed by atoms with Crippen LogP contribution in [0.3, 0.4) is 0 Å². The van der Waals surface area contributed by atoms with E-state index in [-0.39, 0.29) is 84.5 Å². The molecule has 0 spiro atoms. The van der Waals surface area contributed by atoms with Gasteiger partial charge >= 0.3 is 0 Å². The van der Waals surface area contributed by atoms with Crippen LogP contribution in [-0.2, 0) is 20.2 Å². The molecule has 48 heavy (non-hydrogen) atoms. The van der Waals surface area contributed by atoms with Crippen molar-refractivity contribution in [1.82, 2.24) is 29.9 Å². The fraction of sp³-hybridized carbons (Fsp3) is 0.231. The lowest BCUT2D eigenvalue weighted by Crippen LogP contribution is -2.24. The van der Waals surface area contributed by atoms with E-state index in [1.54, 1.807) is 14.1 Å². The van der Waals surface area contributed by atoms with Gasteiger partial charge in [0.15, 0.2) is 0 Å². The van der Waals surface area contributed by atoms with Crippen LogP contribution < -0.4 is 31.9 Å². The average molecular weight is 705 g/mol. The molecule has 0 fully saturated rings. The van der Waals surface area contributed by atoms with Crippen LogP contribution in [0.4, 0.5) is 47.1 Å². The monoisotopic (exact) mass is 704 g/mol. The number of aliphatic hydroxyl groups excluding tert-OH is 2. The molecule has 0 bridgehead atoms. The van der Waals surface area contributed by atoms with Crippen molar-refractivity contribution in [2.24, 2.45) is 0 Å². The molecule has 0 atom stereocenters. The third-order valence-electron chi connectivity index (χ3n) is 6.37. The van der Waals surface area contributed by atoms with Crippen LogP contribution in [-0.4, -0.2) is 106 Å². The number of benzene rings is 2. The third kappa shape index (κ3) is 9.18. The van der Waals surface area contributed by atoms with Crippen molar-refractivity contribution in [2.45, 2.75) is 9.79 Å². The molecular weight excluding hydrogens is 672 g/mol. The van der Waals surface area contributed by atoms with Crippen LogP contribution in [0, 0.1) is 0 Å². The number of aromatic nitrogens is 6. The molecular formula is C26H32N12O8S2. The zero-order valence-electron chi connectivity index (χ0n) is 25.4. The van der Waals surface area contributed by atoms with Crippen LogP contribution in [0.2, 0.25) is 0 Å². The molecule has 0 radical (unpaired) electrons. The Morgan fingerprint density at radius 2 is 1.04 bits per heavy atom. The van der Waals surface area contributed by atoms with Crippen molar-refractivity contribution in [3.05, 3.63) is 47.5 Å². The maximum Gasteiger partial charge on any atom is 0.295 e. The summed E-state index contributed by atoms with van der Waals surface area (Å²) in [6, 6.07) is 7.71. The second-order valence-corrected chi connectivity index (χ2v) is 12.7. The van der Waals surface area contributed by atoms with Gasteiger partial charge < -0.3 is 42.1 Å². The van der Waals surface area contributed by atoms with Gasteiger partial charge in [0.2, 0.25) is 35.7 Å². The van der Waals surface area contributed by atoms with Crippen LogP contribution >= 0.6 is 0 Å². The topological polar surface area (TPSA) is 309 Å². The van der Waals surface area contributed by atoms with E-state index in [2.05, 4.69) is 40.5 Å². The maximum atomic E-state index is 12.3. The Labute approximate surface area is 274 Å². The Morgan fingerprint density at radius 3 is 1.38 bits per heavy atom. The fourth-order valence-corrected chi connectivity index (χ4v) is 5.52. The highest BCUT2D eigenvalue weighted by Gasteiger charge is 2.19. The van der Waals surface area contributed by atoms with Crippen molar-refractivity contribution in [1.29, 1.82) is 0 Å². The minimum Gasteiger partial charge on any atom is -0.395 e. The molecule has 4 aromatic rings. The lowest BCUT2D eigenvalue weighted by molar-refractivity contribution is 0.303. The Balaban J connectivity index is 1.65. The number of nitrogens with one attached hydrogen (secondary N) is 2. The fourth-order valence-electron chi connectivity index (χ4n) is 4.10. The number of anilines is 8. The van der Waals surface area contributed by atoms with Crippen molar-refractivity contribution in [3.63, 3.8) is 0 Å². The predicted octanol–water partition coefficient (Wildman–Crippen LogP) is 0.229. The first kappa shape index (κ1) is 35.6. The van der Waals surface area contributed by atoms with E-state index in [4.69, 9.17) is 11.5 Å². The molecule has 0 saturated carbocycles. The van der Waals surface area contributed by atoms with E-state index in [0.29, 0.717) is 0 Å². The first-order valence-corrected chi connectivity index (χ1v) is 16.6. The highest BCUT2D eigenvalue weighted by molar-refractivity contribution is 7.86. The Bertz CT molecular complexity index is 1900. The summed E-state index contributed by atoms with van der Waals surface area (Å²) in [4.78, 5) is 26.2. The predicted molar refractivity (Wildman–Crippen MR) is 177 cm³/mol. The molecule has 2 heterocycles. The number of nitrogen functional groups attached to an aromatic ring is 2. The number of rotatable bonds is 14. The number of hydrogen-bond acceptors (Lipinski definition) is 18. The van der Waals surface area contributed by atoms with Gasteiger partial charge in [-0.05, 0) is 35.4 Å². The van der Waals surface area contributed by atoms with E-state index >= 15 is 0 Å². The largest absolute Gasteiger partial charge is 0.395 e. The number of aliphatic hydroxyl groups is 2. The van der Waals surface area contributed by atoms with Gasteiger partial charge in [-0.2, -0.15) is 46.7 Å². The summed E-state index contributed by atoms with van der Waals surface area (Å²) in [5, 5.41) is 23.9. The Kier molecular flexibility index (Phi) is 10.9. The molecule has 2 aromatic carbocycles. The molecule has 4 rings (SSSR count). The Morgan fingerprint density at radius 1 is 0.667 bits per heavy atom. The van der Waals surface area contributed by atoms with Crippen LogP contribution in [0.15, 0.2) is 46.2 Å². The van der Waals surface area contributed by atoms with Crippen LogP contribution in [0.25, 0.3) is 12.2 Å². The summed E-state index contributed by atoms with van der Waals surface area (Å²) < 4.78 is 69.3. The van der Waals surface area contributed by atoms with Crippen molar-refractivity contribution >= 4 is 79.5 Å². The minimum atomic E-state index is -4.82. The average Bonchev–Trinajstić information content (AvgIpc) is 2.99. The molecule has 0 aliphatic heterocycles. The second-order valence-electron chi connectivity index (χ2n) is 9.96. The lowest BCUT2D eigenvalue weighted by atomic mass is 10.1. The zero-order valence-corrected chi connectivity index (χ0v) is 27.1. The molecule has 256 valence electrons. The number of hydrogen-bond donors (Lipinski definition) is 8. The van der Waals surface area contributed by atoms with Crippen molar-refractivity contribution in [3.8, 4) is 0 Å². The molecule has 0 amide bonds. The highest BCUT2D eigenvalue weighted by atomic mass is 32.2. The smallest absolute Gasteiger partial charge is 0.295 e. The molecule has 2 aromatic heterocycles. The molecule has 0 aliphatic rings. The molecule has 0 saturated heterocycles. The summed E-state index contributed by atoms with van der Waals surface area (Å²) in [6.45, 7) is 0.0563. The highest BCUT2D eigenvalue weighted by Crippen LogP contribution is 2.28. The van der Waals surface area contributed by atoms with E-state index < -0.39 is 30.0 Å². The van der Waals surface area contributed by atoms with Crippen LogP contribution in [0.1, 0.15) is 11.1 Å². The summed E-state index contributed by atoms with van der Waals surface area (Å²) in [5.74, 6) is -0.121. The first-order valence-electron chi connectivity index (χ1n) is 13.7. The van der Waals surface area contributed by atoms with Crippen molar-refractivity contribution < 1.29 is 36.2 Å². The first-order chi connectivity index (χ1) is 22.6. The van der Waals surface area contributed by atoms with Crippen molar-refractivity contribution in [2.75, 3.05) is 72.3 Å². The summed E-state index contributed by atoms with van der Waals surface area (Å²) >= 11 is 0. The van der Waals surface area contributed by atoms with E-state index in [1.807, 2.05) is 0 Å². The number of likely N-dealkylation sites (N-methyl/N-ethyl adjacent to an activating group) is 2. The lowest BCUT2D eigenvalue weighted by Gasteiger charge is -2.16. The van der Waals surface area contributed by atoms with E-state index in [9.17, 15) is 36.2 Å². The van der Waals surface area contributed by atoms with Gasteiger partial charge in [-0.1, -0.05) is 24.3 Å². The normalized spacial score (nSPS) is 11.9. The summed E-state index contributed by atoms with van der Waals surface area (Å²) in [7, 11) is -6.40. The standard InChI is InChI=1S/C26H32N12O8S2/c1-37(9-11-39)25-33-21(27)31-23(35-25)29-17-7-5-15(19(13-17)47(41,42)43)3-4-16-6-8-18(14-20(16)48(44,45)46)30-24-32-22(28)34-26(36-24)38(2)10-12-40/h3-8,13-14,39-40H,9-12H2,1-2H3,(H,41,42,43)(H,44,45,46)(H3,27,29,31,33,35)(H3,28,30,32,34,36)/b4-3+. The van der Waals surface area contributed by atoms with Gasteiger partial charge in [-0.25, -0.2) is 0 Å². The third-order valence-corrected chi connectivity index (χ3v) is 8.19. The molecule has 10 N–H and O–H groups in total. The molecule has 20 nitrogen and oxygen atoms in total. The van der Waals surface area contributed by atoms with E-state index in [1.165, 1.54) is 46.2 Å². The minimum absolute atomic E-state index is 0.0368. The number of nitrogens with zero attached hydrogens (tertiary/aromatic N) is 8. The second kappa shape index (κ2) is 14.7. The van der Waals surface area contributed by atoms with Gasteiger partial charge in [0.05, 0.1) is 13.2 Å². The van der Waals surface area contributed by atoms with Gasteiger partial charge in [0.25, 0.3) is 20.2 Å². The quantitative estimate of drug-likeness (QED) is 0.0643. The molecule has 22 heteroatoms. The molecule has 0 unspecified atom stereocenters. The van der Waals surface area contributed by atoms with Gasteiger partial charge in [-0.3, -0.25) is 9.11 Å². The summed E-state index contributed by atoms with van der Waals surface area (Å²) in [5.41, 5.74) is 11.7. The van der Waals surface area contributed by atoms with Gasteiger partial charge in [-0.15, -0.1) is 0 Å². The SMILES string of the molecule is CN(CCO)c1nc(N)nc(Nc2ccc(/C=C/c3ccc(Nc4nc(N)nc(N(C)CCO)n4)cc3S(=O)(=O)O)c(S(=O)(=O)O)c2)n1. The van der Waals surface area contributed by atoms with Gasteiger partial charge in [0, 0.05) is 38.6 Å². The van der Waals surface area contributed by atoms with E-state index in [0.717, 1.165) is 12.1 Å². The molecule has 0 aliphatic carbocycles. The maximum absolute atomic E-state index is 12.3. The van der Waals surface area contributed by atoms with Crippen LogP contribution in [0.5, 0.6) is 0 Å². The van der Waals surface area contributed by atoms with Gasteiger partial charge in [0.1, 0.15) is 9.79 Å². The Hall–Kier alpha value is -5.26. The number of nitrogens with two attached hydrogens (primary N) is 2. The zero-order chi connectivity index (χ0) is 35.2. The summed E-state index contributed by atoms with van der Waals surface area (Å²) in [6.07, 6.45) is 2.45.